The summed E-state index contributed by atoms with van der Waals surface area (Å²) in [7, 11) is 0. The highest BCUT2D eigenvalue weighted by Gasteiger charge is 2.27. The van der Waals surface area contributed by atoms with Gasteiger partial charge in [0.2, 0.25) is 0 Å². The van der Waals surface area contributed by atoms with Gasteiger partial charge in [0.05, 0.1) is 5.02 Å². The normalized spacial score (nSPS) is 14.0. The second-order valence-corrected chi connectivity index (χ2v) is 6.30. The minimum Gasteiger partial charge on any atom is -0.321 e. The predicted molar refractivity (Wildman–Crippen MR) is 83.1 cm³/mol. The van der Waals surface area contributed by atoms with Crippen LogP contribution in [0.3, 0.4) is 0 Å². The van der Waals surface area contributed by atoms with Crippen LogP contribution < -0.4 is 5.73 Å². The van der Waals surface area contributed by atoms with Gasteiger partial charge in [-0.05, 0) is 54.8 Å². The van der Waals surface area contributed by atoms with E-state index in [4.69, 9.17) is 40.5 Å². The minimum atomic E-state index is -1.03. The van der Waals surface area contributed by atoms with Gasteiger partial charge in [-0.2, -0.15) is 0 Å². The largest absolute Gasteiger partial charge is 0.321 e. The van der Waals surface area contributed by atoms with E-state index in [1.54, 1.807) is 6.92 Å². The lowest BCUT2D eigenvalue weighted by atomic mass is 9.86. The highest BCUT2D eigenvalue weighted by molar-refractivity contribution is 6.35. The number of nitrogens with two attached hydrogens (primary N) is 1. The van der Waals surface area contributed by atoms with E-state index >= 15 is 0 Å². The van der Waals surface area contributed by atoms with E-state index in [1.807, 2.05) is 0 Å². The standard InChI is InChI=1S/C15H12Cl3F2N/c1-15(21,7-8-4-9(19)2-3-11(8)16)10-5-14(20)13(18)6-12(10)17/h2-6H,7,21H2,1H3. The molecule has 1 unspecified atom stereocenters. The van der Waals surface area contributed by atoms with Gasteiger partial charge in [0, 0.05) is 15.6 Å². The molecule has 0 saturated carbocycles. The van der Waals surface area contributed by atoms with Crippen molar-refractivity contribution in [3.05, 3.63) is 68.2 Å². The van der Waals surface area contributed by atoms with Gasteiger partial charge in [0.1, 0.15) is 11.6 Å². The molecule has 2 aromatic carbocycles. The third-order valence-electron chi connectivity index (χ3n) is 3.19. The SMILES string of the molecule is CC(N)(Cc1cc(F)ccc1Cl)c1cc(F)c(Cl)cc1Cl. The smallest absolute Gasteiger partial charge is 0.142 e. The molecule has 0 amide bonds. The number of halogens is 5. The molecule has 2 N–H and O–H groups in total. The van der Waals surface area contributed by atoms with E-state index in [2.05, 4.69) is 0 Å². The van der Waals surface area contributed by atoms with Crippen molar-refractivity contribution in [3.8, 4) is 0 Å². The second-order valence-electron chi connectivity index (χ2n) is 5.08. The number of hydrogen-bond donors (Lipinski definition) is 1. The Bertz CT molecular complexity index is 687. The molecule has 0 aromatic heterocycles. The molecule has 6 heteroatoms. The van der Waals surface area contributed by atoms with Gasteiger partial charge in [0.15, 0.2) is 0 Å². The van der Waals surface area contributed by atoms with Crippen molar-refractivity contribution in [2.45, 2.75) is 18.9 Å². The first-order chi connectivity index (χ1) is 9.70. The van der Waals surface area contributed by atoms with Crippen LogP contribution in [0.2, 0.25) is 15.1 Å². The van der Waals surface area contributed by atoms with E-state index < -0.39 is 17.2 Å². The summed E-state index contributed by atoms with van der Waals surface area (Å²) in [6, 6.07) is 6.50. The number of benzene rings is 2. The van der Waals surface area contributed by atoms with Gasteiger partial charge in [-0.25, -0.2) is 8.78 Å². The molecule has 112 valence electrons. The molecule has 1 nitrogen and oxygen atoms in total. The summed E-state index contributed by atoms with van der Waals surface area (Å²) in [4.78, 5) is 0. The lowest BCUT2D eigenvalue weighted by Crippen LogP contribution is -2.36. The second kappa shape index (κ2) is 6.09. The summed E-state index contributed by atoms with van der Waals surface area (Å²) in [6.45, 7) is 1.67. The van der Waals surface area contributed by atoms with E-state index in [0.29, 0.717) is 16.1 Å². The molecule has 21 heavy (non-hydrogen) atoms. The Hall–Kier alpha value is -0.870. The van der Waals surface area contributed by atoms with Crippen LogP contribution in [0.5, 0.6) is 0 Å². The van der Waals surface area contributed by atoms with Crippen LogP contribution in [0.25, 0.3) is 0 Å². The lowest BCUT2D eigenvalue weighted by molar-refractivity contribution is 0.485. The maximum absolute atomic E-state index is 13.6. The molecule has 1 atom stereocenters. The molecular weight excluding hydrogens is 339 g/mol. The first kappa shape index (κ1) is 16.5. The predicted octanol–water partition coefficient (Wildman–Crippen LogP) is 5.34. The maximum Gasteiger partial charge on any atom is 0.142 e. The van der Waals surface area contributed by atoms with Crippen molar-refractivity contribution < 1.29 is 8.78 Å². The first-order valence-corrected chi connectivity index (χ1v) is 7.22. The minimum absolute atomic E-state index is 0.0802. The van der Waals surface area contributed by atoms with Gasteiger partial charge >= 0.3 is 0 Å². The molecule has 2 rings (SSSR count). The van der Waals surface area contributed by atoms with E-state index in [-0.39, 0.29) is 16.5 Å². The summed E-state index contributed by atoms with van der Waals surface area (Å²) in [5.74, 6) is -1.03. The Labute approximate surface area is 136 Å². The monoisotopic (exact) mass is 349 g/mol. The molecule has 0 aliphatic rings. The Morgan fingerprint density at radius 3 is 2.33 bits per heavy atom. The quantitative estimate of drug-likeness (QED) is 0.743. The Morgan fingerprint density at radius 1 is 1.00 bits per heavy atom. The van der Waals surface area contributed by atoms with Crippen LogP contribution >= 0.6 is 34.8 Å². The molecule has 0 radical (unpaired) electrons. The molecule has 0 heterocycles. The Balaban J connectivity index is 2.42. The first-order valence-electron chi connectivity index (χ1n) is 6.08. The highest BCUT2D eigenvalue weighted by Crippen LogP contribution is 2.34. The third kappa shape index (κ3) is 3.67. The molecule has 0 saturated heterocycles. The van der Waals surface area contributed by atoms with Gasteiger partial charge in [-0.15, -0.1) is 0 Å². The molecule has 0 spiro atoms. The third-order valence-corrected chi connectivity index (χ3v) is 4.16. The molecular formula is C15H12Cl3F2N. The fourth-order valence-electron chi connectivity index (χ4n) is 2.13. The Kier molecular flexibility index (Phi) is 4.79. The van der Waals surface area contributed by atoms with Crippen molar-refractivity contribution >= 4 is 34.8 Å². The molecule has 0 aliphatic heterocycles. The van der Waals surface area contributed by atoms with Gasteiger partial charge < -0.3 is 5.73 Å². The van der Waals surface area contributed by atoms with Gasteiger partial charge in [0.25, 0.3) is 0 Å². The van der Waals surface area contributed by atoms with Crippen LogP contribution in [0.1, 0.15) is 18.1 Å². The van der Waals surface area contributed by atoms with Gasteiger partial charge in [-0.3, -0.25) is 0 Å². The average Bonchev–Trinajstić information content (AvgIpc) is 2.37. The van der Waals surface area contributed by atoms with Crippen molar-refractivity contribution in [2.24, 2.45) is 5.73 Å². The van der Waals surface area contributed by atoms with E-state index in [1.165, 1.54) is 30.3 Å². The summed E-state index contributed by atoms with van der Waals surface area (Å²) < 4.78 is 27.0. The molecule has 0 bridgehead atoms. The molecule has 2 aromatic rings. The average molecular weight is 351 g/mol. The van der Waals surface area contributed by atoms with E-state index in [0.717, 1.165) is 0 Å². The van der Waals surface area contributed by atoms with Crippen LogP contribution in [-0.4, -0.2) is 0 Å². The van der Waals surface area contributed by atoms with Crippen molar-refractivity contribution in [2.75, 3.05) is 0 Å². The zero-order valence-corrected chi connectivity index (χ0v) is 13.3. The molecule has 0 aliphatic carbocycles. The number of hydrogen-bond acceptors (Lipinski definition) is 1. The van der Waals surface area contributed by atoms with Crippen molar-refractivity contribution in [1.29, 1.82) is 0 Å². The van der Waals surface area contributed by atoms with Crippen LogP contribution in [0.4, 0.5) is 8.78 Å². The summed E-state index contributed by atoms with van der Waals surface area (Å²) in [6.07, 6.45) is 0.199. The Morgan fingerprint density at radius 2 is 1.67 bits per heavy atom. The highest BCUT2D eigenvalue weighted by atomic mass is 35.5. The van der Waals surface area contributed by atoms with Crippen LogP contribution in [0, 0.1) is 11.6 Å². The summed E-state index contributed by atoms with van der Waals surface area (Å²) in [5, 5.41) is 0.556. The fourth-order valence-corrected chi connectivity index (χ4v) is 2.91. The zero-order valence-electron chi connectivity index (χ0n) is 11.1. The zero-order chi connectivity index (χ0) is 15.8. The summed E-state index contributed by atoms with van der Waals surface area (Å²) in [5.41, 5.74) is 6.11. The fraction of sp³-hybridized carbons (Fsp3) is 0.200. The number of rotatable bonds is 3. The van der Waals surface area contributed by atoms with Crippen LogP contribution in [-0.2, 0) is 12.0 Å². The van der Waals surface area contributed by atoms with Crippen LogP contribution in [0.15, 0.2) is 30.3 Å². The van der Waals surface area contributed by atoms with E-state index in [9.17, 15) is 8.78 Å². The summed E-state index contributed by atoms with van der Waals surface area (Å²) >= 11 is 17.8. The topological polar surface area (TPSA) is 26.0 Å². The maximum atomic E-state index is 13.6. The van der Waals surface area contributed by atoms with Gasteiger partial charge in [-0.1, -0.05) is 34.8 Å². The van der Waals surface area contributed by atoms with Crippen molar-refractivity contribution in [1.82, 2.24) is 0 Å². The molecule has 0 fully saturated rings. The lowest BCUT2D eigenvalue weighted by Gasteiger charge is -2.27. The van der Waals surface area contributed by atoms with Crippen molar-refractivity contribution in [3.63, 3.8) is 0 Å².